The van der Waals surface area contributed by atoms with Crippen LogP contribution in [0.5, 0.6) is 0 Å². The summed E-state index contributed by atoms with van der Waals surface area (Å²) in [5, 5.41) is 13.8. The Morgan fingerprint density at radius 2 is 1.84 bits per heavy atom. The molecule has 0 saturated carbocycles. The van der Waals surface area contributed by atoms with E-state index in [0.717, 1.165) is 18.2 Å². The molecule has 3 N–H and O–H groups in total. The number of carbonyl (C=O) groups excluding carboxylic acids is 2. The Morgan fingerprint density at radius 3 is 2.60 bits per heavy atom. The number of anilines is 2. The summed E-state index contributed by atoms with van der Waals surface area (Å²) in [5.41, 5.74) is 0.282. The van der Waals surface area contributed by atoms with E-state index in [9.17, 15) is 18.4 Å². The lowest BCUT2D eigenvalue weighted by molar-refractivity contribution is -0.119. The van der Waals surface area contributed by atoms with Crippen molar-refractivity contribution in [1.82, 2.24) is 0 Å². The van der Waals surface area contributed by atoms with E-state index in [4.69, 9.17) is 9.84 Å². The van der Waals surface area contributed by atoms with E-state index < -0.39 is 30.1 Å². The molecular weight excluding hydrogens is 334 g/mol. The smallest absolute Gasteiger partial charge is 0.340 e. The Labute approximate surface area is 142 Å². The van der Waals surface area contributed by atoms with Gasteiger partial charge in [-0.1, -0.05) is 12.1 Å². The minimum atomic E-state index is -0.807. The number of aliphatic hydroxyl groups is 1. The molecule has 0 radical (unpaired) electrons. The van der Waals surface area contributed by atoms with Crippen molar-refractivity contribution in [3.05, 3.63) is 59.7 Å². The number of aliphatic hydroxyl groups excluding tert-OH is 1. The minimum Gasteiger partial charge on any atom is -0.452 e. The van der Waals surface area contributed by atoms with Gasteiger partial charge in [0.1, 0.15) is 11.6 Å². The lowest BCUT2D eigenvalue weighted by Crippen LogP contribution is -2.22. The van der Waals surface area contributed by atoms with Crippen LogP contribution in [0.25, 0.3) is 0 Å². The predicted molar refractivity (Wildman–Crippen MR) is 87.3 cm³/mol. The molecule has 25 heavy (non-hydrogen) atoms. The monoisotopic (exact) mass is 350 g/mol. The molecule has 0 aliphatic rings. The van der Waals surface area contributed by atoms with Gasteiger partial charge in [0, 0.05) is 18.3 Å². The van der Waals surface area contributed by atoms with E-state index in [-0.39, 0.29) is 24.4 Å². The Balaban J connectivity index is 1.95. The Hall–Kier alpha value is -3.00. The van der Waals surface area contributed by atoms with Gasteiger partial charge in [0.05, 0.1) is 17.9 Å². The highest BCUT2D eigenvalue weighted by Gasteiger charge is 2.15. The van der Waals surface area contributed by atoms with Crippen molar-refractivity contribution in [3.8, 4) is 0 Å². The first-order chi connectivity index (χ1) is 12.0. The van der Waals surface area contributed by atoms with Crippen LogP contribution < -0.4 is 10.6 Å². The third-order valence-electron chi connectivity index (χ3n) is 3.11. The van der Waals surface area contributed by atoms with Gasteiger partial charge in [-0.2, -0.15) is 0 Å². The van der Waals surface area contributed by atoms with Gasteiger partial charge in [-0.3, -0.25) is 4.79 Å². The van der Waals surface area contributed by atoms with E-state index >= 15 is 0 Å². The lowest BCUT2D eigenvalue weighted by atomic mass is 10.2. The molecule has 2 rings (SSSR count). The van der Waals surface area contributed by atoms with Crippen LogP contribution in [0.2, 0.25) is 0 Å². The van der Waals surface area contributed by atoms with Crippen molar-refractivity contribution in [2.24, 2.45) is 0 Å². The van der Waals surface area contributed by atoms with Crippen molar-refractivity contribution < 1.29 is 28.2 Å². The fraction of sp³-hybridized carbons (Fsp3) is 0.176. The molecule has 1 amide bonds. The normalized spacial score (nSPS) is 10.2. The van der Waals surface area contributed by atoms with E-state index in [1.807, 2.05) is 0 Å². The van der Waals surface area contributed by atoms with Crippen LogP contribution in [0.1, 0.15) is 10.4 Å². The first-order valence-electron chi connectivity index (χ1n) is 7.37. The maximum absolute atomic E-state index is 13.4. The number of hydrogen-bond donors (Lipinski definition) is 3. The average Bonchev–Trinajstić information content (AvgIpc) is 2.61. The van der Waals surface area contributed by atoms with Gasteiger partial charge in [-0.05, 0) is 24.3 Å². The van der Waals surface area contributed by atoms with Gasteiger partial charge in [0.25, 0.3) is 5.91 Å². The number of esters is 1. The zero-order chi connectivity index (χ0) is 18.2. The number of carbonyl (C=O) groups is 2. The molecule has 0 aliphatic heterocycles. The molecule has 0 fully saturated rings. The summed E-state index contributed by atoms with van der Waals surface area (Å²) in [4.78, 5) is 23.8. The van der Waals surface area contributed by atoms with Crippen LogP contribution >= 0.6 is 0 Å². The van der Waals surface area contributed by atoms with Crippen molar-refractivity contribution in [2.45, 2.75) is 0 Å². The Kier molecular flexibility index (Phi) is 6.41. The summed E-state index contributed by atoms with van der Waals surface area (Å²) < 4.78 is 31.4. The van der Waals surface area contributed by atoms with Crippen molar-refractivity contribution in [1.29, 1.82) is 0 Å². The van der Waals surface area contributed by atoms with Crippen LogP contribution in [-0.4, -0.2) is 36.7 Å². The molecule has 0 heterocycles. The fourth-order valence-electron chi connectivity index (χ4n) is 1.99. The van der Waals surface area contributed by atoms with Crippen molar-refractivity contribution >= 4 is 23.3 Å². The molecule has 0 aliphatic carbocycles. The Morgan fingerprint density at radius 1 is 1.08 bits per heavy atom. The van der Waals surface area contributed by atoms with Crippen LogP contribution in [0.3, 0.4) is 0 Å². The van der Waals surface area contributed by atoms with E-state index in [0.29, 0.717) is 5.69 Å². The molecule has 0 saturated heterocycles. The zero-order valence-corrected chi connectivity index (χ0v) is 13.1. The van der Waals surface area contributed by atoms with Gasteiger partial charge >= 0.3 is 5.97 Å². The predicted octanol–water partition coefficient (Wildman–Crippen LogP) is 2.16. The van der Waals surface area contributed by atoms with Crippen LogP contribution in [0.15, 0.2) is 42.5 Å². The Bertz CT molecular complexity index is 768. The van der Waals surface area contributed by atoms with Crippen LogP contribution in [0, 0.1) is 11.6 Å². The van der Waals surface area contributed by atoms with Gasteiger partial charge in [0.15, 0.2) is 6.61 Å². The fourth-order valence-corrected chi connectivity index (χ4v) is 1.99. The number of hydrogen-bond acceptors (Lipinski definition) is 5. The third-order valence-corrected chi connectivity index (χ3v) is 3.11. The van der Waals surface area contributed by atoms with Crippen LogP contribution in [-0.2, 0) is 9.53 Å². The quantitative estimate of drug-likeness (QED) is 0.666. The number of amides is 1. The second-order valence-electron chi connectivity index (χ2n) is 4.94. The summed E-state index contributed by atoms with van der Waals surface area (Å²) in [7, 11) is 0. The number of rotatable bonds is 7. The van der Waals surface area contributed by atoms with Gasteiger partial charge < -0.3 is 20.5 Å². The lowest BCUT2D eigenvalue weighted by Gasteiger charge is -2.11. The standard InChI is InChI=1S/C17H16F2N2O4/c18-11-5-6-13(19)15(9-11)21-16(23)10-25-17(24)12-3-1-2-4-14(12)20-7-8-22/h1-6,9,20,22H,7-8,10H2,(H,21,23). The maximum Gasteiger partial charge on any atom is 0.340 e. The SMILES string of the molecule is O=C(COC(=O)c1ccccc1NCCO)Nc1cc(F)ccc1F. The van der Waals surface area contributed by atoms with E-state index in [1.165, 1.54) is 6.07 Å². The van der Waals surface area contributed by atoms with Crippen molar-refractivity contribution in [2.75, 3.05) is 30.4 Å². The second-order valence-corrected chi connectivity index (χ2v) is 4.94. The molecule has 6 nitrogen and oxygen atoms in total. The second kappa shape index (κ2) is 8.74. The van der Waals surface area contributed by atoms with Crippen LogP contribution in [0.4, 0.5) is 20.2 Å². The summed E-state index contributed by atoms with van der Waals surface area (Å²) >= 11 is 0. The molecule has 0 spiro atoms. The number of nitrogens with one attached hydrogen (secondary N) is 2. The molecule has 8 heteroatoms. The number of para-hydroxylation sites is 1. The summed E-state index contributed by atoms with van der Waals surface area (Å²) in [6.45, 7) is -0.544. The van der Waals surface area contributed by atoms with Gasteiger partial charge in [-0.25, -0.2) is 13.6 Å². The summed E-state index contributed by atoms with van der Waals surface area (Å²) in [6.07, 6.45) is 0. The maximum atomic E-state index is 13.4. The summed E-state index contributed by atoms with van der Waals surface area (Å²) in [5.74, 6) is -3.09. The van der Waals surface area contributed by atoms with Gasteiger partial charge in [0.2, 0.25) is 0 Å². The first-order valence-corrected chi connectivity index (χ1v) is 7.37. The van der Waals surface area contributed by atoms with Gasteiger partial charge in [-0.15, -0.1) is 0 Å². The highest BCUT2D eigenvalue weighted by molar-refractivity contribution is 5.98. The molecule has 0 aromatic heterocycles. The molecule has 2 aromatic rings. The molecule has 132 valence electrons. The molecule has 2 aromatic carbocycles. The zero-order valence-electron chi connectivity index (χ0n) is 13.1. The largest absolute Gasteiger partial charge is 0.452 e. The summed E-state index contributed by atoms with van der Waals surface area (Å²) in [6, 6.07) is 9.03. The minimum absolute atomic E-state index is 0.120. The number of benzene rings is 2. The third kappa shape index (κ3) is 5.25. The highest BCUT2D eigenvalue weighted by Crippen LogP contribution is 2.17. The highest BCUT2D eigenvalue weighted by atomic mass is 19.1. The first kappa shape index (κ1) is 18.3. The molecule has 0 unspecified atom stereocenters. The average molecular weight is 350 g/mol. The van der Waals surface area contributed by atoms with E-state index in [2.05, 4.69) is 10.6 Å². The topological polar surface area (TPSA) is 87.7 Å². The number of ether oxygens (including phenoxy) is 1. The number of halogens is 2. The molecular formula is C17H16F2N2O4. The molecule has 0 bridgehead atoms. The molecule has 0 atom stereocenters. The van der Waals surface area contributed by atoms with Crippen molar-refractivity contribution in [3.63, 3.8) is 0 Å². The van der Waals surface area contributed by atoms with E-state index in [1.54, 1.807) is 18.2 Å².